The van der Waals surface area contributed by atoms with Crippen molar-refractivity contribution in [2.45, 2.75) is 10.6 Å². The maximum absolute atomic E-state index is 13.8. The van der Waals surface area contributed by atoms with Gasteiger partial charge in [-0.1, -0.05) is 12.1 Å². The number of nitriles is 1. The van der Waals surface area contributed by atoms with E-state index >= 15 is 0 Å². The van der Waals surface area contributed by atoms with Gasteiger partial charge >= 0.3 is 0 Å². The van der Waals surface area contributed by atoms with Gasteiger partial charge in [-0.2, -0.15) is 5.26 Å². The van der Waals surface area contributed by atoms with E-state index in [2.05, 4.69) is 0 Å². The van der Waals surface area contributed by atoms with E-state index in [9.17, 15) is 8.78 Å². The summed E-state index contributed by atoms with van der Waals surface area (Å²) in [6, 6.07) is 10.8. The summed E-state index contributed by atoms with van der Waals surface area (Å²) in [7, 11) is 0. The number of nitrogens with zero attached hydrogens (tertiary/aromatic N) is 1. The Kier molecular flexibility index (Phi) is 4.03. The fourth-order valence-corrected chi connectivity index (χ4v) is 2.46. The van der Waals surface area contributed by atoms with Gasteiger partial charge < -0.3 is 5.73 Å². The van der Waals surface area contributed by atoms with Crippen LogP contribution in [0.3, 0.4) is 0 Å². The average Bonchev–Trinajstić information content (AvgIpc) is 2.39. The molecule has 0 spiro atoms. The lowest BCUT2D eigenvalue weighted by Gasteiger charge is -2.06. The van der Waals surface area contributed by atoms with Gasteiger partial charge in [0, 0.05) is 16.3 Å². The molecule has 0 aromatic heterocycles. The molecular weight excluding hydrogens is 266 g/mol. The van der Waals surface area contributed by atoms with Crippen LogP contribution in [0.4, 0.5) is 14.5 Å². The normalized spacial score (nSPS) is 10.2. The number of hydrogen-bond acceptors (Lipinski definition) is 3. The topological polar surface area (TPSA) is 49.8 Å². The molecule has 0 atom stereocenters. The number of nitrogen functional groups attached to an aromatic ring is 1. The maximum Gasteiger partial charge on any atom is 0.144 e. The molecule has 2 nitrogen and oxygen atoms in total. The zero-order valence-corrected chi connectivity index (χ0v) is 10.7. The van der Waals surface area contributed by atoms with Crippen molar-refractivity contribution in [2.75, 3.05) is 5.73 Å². The fraction of sp³-hybridized carbons (Fsp3) is 0.0714. The molecule has 96 valence electrons. The van der Waals surface area contributed by atoms with Gasteiger partial charge in [-0.05, 0) is 29.8 Å². The van der Waals surface area contributed by atoms with Crippen LogP contribution in [0.15, 0.2) is 41.3 Å². The minimum Gasteiger partial charge on any atom is -0.399 e. The highest BCUT2D eigenvalue weighted by atomic mass is 32.2. The van der Waals surface area contributed by atoms with Gasteiger partial charge in [0.15, 0.2) is 0 Å². The zero-order valence-electron chi connectivity index (χ0n) is 9.86. The summed E-state index contributed by atoms with van der Waals surface area (Å²) in [4.78, 5) is 0.399. The van der Waals surface area contributed by atoms with Crippen LogP contribution >= 0.6 is 11.8 Å². The number of nitrogens with two attached hydrogens (primary N) is 1. The summed E-state index contributed by atoms with van der Waals surface area (Å²) in [6.07, 6.45) is 0. The molecule has 0 fully saturated rings. The van der Waals surface area contributed by atoms with Crippen LogP contribution < -0.4 is 5.73 Å². The SMILES string of the molecule is N#Cc1cccc(CSc2ccc(N)cc2F)c1F. The second kappa shape index (κ2) is 5.72. The second-order valence-corrected chi connectivity index (χ2v) is 4.89. The van der Waals surface area contributed by atoms with E-state index in [1.807, 2.05) is 0 Å². The van der Waals surface area contributed by atoms with Crippen molar-refractivity contribution >= 4 is 17.4 Å². The molecule has 0 bridgehead atoms. The van der Waals surface area contributed by atoms with Gasteiger partial charge in [0.25, 0.3) is 0 Å². The van der Waals surface area contributed by atoms with Crippen LogP contribution in [0.1, 0.15) is 11.1 Å². The molecule has 0 saturated carbocycles. The van der Waals surface area contributed by atoms with E-state index in [0.29, 0.717) is 16.1 Å². The molecule has 0 radical (unpaired) electrons. The third kappa shape index (κ3) is 3.04. The smallest absolute Gasteiger partial charge is 0.144 e. The number of benzene rings is 2. The molecule has 0 heterocycles. The largest absolute Gasteiger partial charge is 0.399 e. The van der Waals surface area contributed by atoms with Crippen molar-refractivity contribution in [1.29, 1.82) is 5.26 Å². The van der Waals surface area contributed by atoms with Crippen LogP contribution in [-0.4, -0.2) is 0 Å². The van der Waals surface area contributed by atoms with Gasteiger partial charge in [0.2, 0.25) is 0 Å². The number of anilines is 1. The number of hydrogen-bond donors (Lipinski definition) is 1. The Morgan fingerprint density at radius 2 is 2.00 bits per heavy atom. The Hall–Kier alpha value is -2.06. The summed E-state index contributed by atoms with van der Waals surface area (Å²) >= 11 is 1.16. The molecule has 0 saturated heterocycles. The molecule has 0 amide bonds. The first-order valence-corrected chi connectivity index (χ1v) is 6.45. The van der Waals surface area contributed by atoms with E-state index in [-0.39, 0.29) is 11.3 Å². The Balaban J connectivity index is 2.17. The van der Waals surface area contributed by atoms with Crippen LogP contribution in [0.2, 0.25) is 0 Å². The van der Waals surface area contributed by atoms with Gasteiger partial charge in [-0.15, -0.1) is 11.8 Å². The summed E-state index contributed by atoms with van der Waals surface area (Å²) < 4.78 is 27.3. The summed E-state index contributed by atoms with van der Waals surface area (Å²) in [5, 5.41) is 8.73. The highest BCUT2D eigenvalue weighted by Gasteiger charge is 2.09. The first kappa shape index (κ1) is 13.4. The molecule has 2 aromatic carbocycles. The monoisotopic (exact) mass is 276 g/mol. The summed E-state index contributed by atoms with van der Waals surface area (Å²) in [5.41, 5.74) is 6.17. The van der Waals surface area contributed by atoms with E-state index in [1.54, 1.807) is 30.3 Å². The minimum atomic E-state index is -0.548. The second-order valence-electron chi connectivity index (χ2n) is 3.87. The van der Waals surface area contributed by atoms with Gasteiger partial charge in [-0.25, -0.2) is 8.78 Å². The molecule has 0 aliphatic carbocycles. The molecule has 2 N–H and O–H groups in total. The molecule has 19 heavy (non-hydrogen) atoms. The third-order valence-corrected chi connectivity index (χ3v) is 3.64. The molecular formula is C14H10F2N2S. The molecule has 0 unspecified atom stereocenters. The fourth-order valence-electron chi connectivity index (χ4n) is 1.57. The lowest BCUT2D eigenvalue weighted by molar-refractivity contribution is 0.602. The lowest BCUT2D eigenvalue weighted by Crippen LogP contribution is -1.93. The molecule has 0 aliphatic heterocycles. The highest BCUT2D eigenvalue weighted by molar-refractivity contribution is 7.98. The summed E-state index contributed by atoms with van der Waals surface area (Å²) in [5.74, 6) is -0.724. The van der Waals surface area contributed by atoms with Crippen molar-refractivity contribution in [3.8, 4) is 6.07 Å². The predicted molar refractivity (Wildman–Crippen MR) is 71.5 cm³/mol. The van der Waals surface area contributed by atoms with E-state index in [0.717, 1.165) is 11.8 Å². The van der Waals surface area contributed by atoms with Gasteiger partial charge in [0.05, 0.1) is 5.56 Å². The van der Waals surface area contributed by atoms with Crippen molar-refractivity contribution in [2.24, 2.45) is 0 Å². The van der Waals surface area contributed by atoms with E-state index in [4.69, 9.17) is 11.0 Å². The van der Waals surface area contributed by atoms with Crippen molar-refractivity contribution in [3.05, 3.63) is 59.2 Å². The number of thioether (sulfide) groups is 1. The van der Waals surface area contributed by atoms with Crippen LogP contribution in [0, 0.1) is 23.0 Å². The third-order valence-electron chi connectivity index (χ3n) is 2.54. The van der Waals surface area contributed by atoms with Crippen molar-refractivity contribution in [1.82, 2.24) is 0 Å². The average molecular weight is 276 g/mol. The van der Waals surface area contributed by atoms with E-state index < -0.39 is 11.6 Å². The van der Waals surface area contributed by atoms with Gasteiger partial charge in [0.1, 0.15) is 17.7 Å². The van der Waals surface area contributed by atoms with Crippen LogP contribution in [0.5, 0.6) is 0 Å². The molecule has 2 aromatic rings. The lowest BCUT2D eigenvalue weighted by atomic mass is 10.1. The van der Waals surface area contributed by atoms with Crippen molar-refractivity contribution in [3.63, 3.8) is 0 Å². The molecule has 2 rings (SSSR count). The maximum atomic E-state index is 13.8. The minimum absolute atomic E-state index is 0.00382. The Morgan fingerprint density at radius 3 is 2.68 bits per heavy atom. The zero-order chi connectivity index (χ0) is 13.8. The Morgan fingerprint density at radius 1 is 1.21 bits per heavy atom. The van der Waals surface area contributed by atoms with Crippen LogP contribution in [-0.2, 0) is 5.75 Å². The van der Waals surface area contributed by atoms with Gasteiger partial charge in [-0.3, -0.25) is 0 Å². The Bertz CT molecular complexity index is 650. The molecule has 0 aliphatic rings. The Labute approximate surface area is 113 Å². The summed E-state index contributed by atoms with van der Waals surface area (Å²) in [6.45, 7) is 0. The van der Waals surface area contributed by atoms with Crippen LogP contribution in [0.25, 0.3) is 0 Å². The number of rotatable bonds is 3. The van der Waals surface area contributed by atoms with E-state index in [1.165, 1.54) is 12.1 Å². The first-order valence-electron chi connectivity index (χ1n) is 5.47. The standard InChI is InChI=1S/C14H10F2N2S/c15-12-6-11(18)4-5-13(12)19-8-10-3-1-2-9(7-17)14(10)16/h1-6H,8,18H2. The quantitative estimate of drug-likeness (QED) is 0.686. The predicted octanol–water partition coefficient (Wildman–Crippen LogP) is 3.71. The highest BCUT2D eigenvalue weighted by Crippen LogP contribution is 2.28. The number of halogens is 2. The molecule has 5 heteroatoms. The van der Waals surface area contributed by atoms with Crippen molar-refractivity contribution < 1.29 is 8.78 Å². The first-order chi connectivity index (χ1) is 9.11.